The molecule has 37 heavy (non-hydrogen) atoms. The van der Waals surface area contributed by atoms with Crippen molar-refractivity contribution in [3.8, 4) is 5.69 Å². The second-order valence-corrected chi connectivity index (χ2v) is 8.69. The van der Waals surface area contributed by atoms with Crippen LogP contribution in [0.1, 0.15) is 39.3 Å². The number of nitrogens with zero attached hydrogens (tertiary/aromatic N) is 5. The molecule has 1 aliphatic rings. The Morgan fingerprint density at radius 3 is 2.32 bits per heavy atom. The fraction of sp³-hybridized carbons (Fsp3) is 0.375. The van der Waals surface area contributed by atoms with Crippen LogP contribution in [-0.2, 0) is 13.2 Å². The average Bonchev–Trinajstić information content (AvgIpc) is 3.54. The van der Waals surface area contributed by atoms with E-state index in [0.29, 0.717) is 37.2 Å². The van der Waals surface area contributed by atoms with Gasteiger partial charge in [0.05, 0.1) is 23.0 Å². The van der Waals surface area contributed by atoms with Crippen molar-refractivity contribution in [3.63, 3.8) is 0 Å². The van der Waals surface area contributed by atoms with Gasteiger partial charge >= 0.3 is 12.2 Å². The number of aryl methyl sites for hydroxylation is 1. The summed E-state index contributed by atoms with van der Waals surface area (Å²) in [4.78, 5) is 39.1. The van der Waals surface area contributed by atoms with E-state index in [1.807, 2.05) is 0 Å². The molecule has 1 aliphatic heterocycles. The van der Waals surface area contributed by atoms with Gasteiger partial charge in [-0.1, -0.05) is 18.2 Å². The Morgan fingerprint density at radius 2 is 1.70 bits per heavy atom. The third kappa shape index (κ3) is 6.16. The molecule has 2 aromatic heterocycles. The number of benzene rings is 1. The monoisotopic (exact) mass is 517 g/mol. The fourth-order valence-corrected chi connectivity index (χ4v) is 4.14. The van der Waals surface area contributed by atoms with Crippen LogP contribution in [0.2, 0.25) is 0 Å². The number of para-hydroxylation sites is 1. The minimum atomic E-state index is -4.81. The molecule has 3 amide bonds. The molecule has 1 saturated heterocycles. The number of rotatable bonds is 7. The van der Waals surface area contributed by atoms with Gasteiger partial charge in [-0.15, -0.1) is 0 Å². The standard InChI is InChI=1S/C24H26F3N7O3/c1-32-14-17(13-30-32)20(35)16-7-11-33(12-8-16)23(37)29-10-9-28-22(36)19-15-34(18-5-3-2-4-6-18)31-21(19)24(25,26)27/h2-6,13-16H,7-12H2,1H3,(H,28,36)(H,29,37). The van der Waals surface area contributed by atoms with Crippen LogP contribution in [0.5, 0.6) is 0 Å². The highest BCUT2D eigenvalue weighted by Crippen LogP contribution is 2.31. The predicted molar refractivity (Wildman–Crippen MR) is 126 cm³/mol. The van der Waals surface area contributed by atoms with Gasteiger partial charge in [-0.25, -0.2) is 9.48 Å². The van der Waals surface area contributed by atoms with E-state index in [1.165, 1.54) is 6.20 Å². The van der Waals surface area contributed by atoms with E-state index in [9.17, 15) is 27.6 Å². The Bertz CT molecular complexity index is 1260. The van der Waals surface area contributed by atoms with E-state index < -0.39 is 23.3 Å². The molecule has 196 valence electrons. The van der Waals surface area contributed by atoms with Crippen molar-refractivity contribution in [2.24, 2.45) is 13.0 Å². The van der Waals surface area contributed by atoms with E-state index in [0.717, 1.165) is 10.9 Å². The van der Waals surface area contributed by atoms with Crippen molar-refractivity contribution >= 4 is 17.7 Å². The van der Waals surface area contributed by atoms with Gasteiger partial charge in [0.2, 0.25) is 0 Å². The Balaban J connectivity index is 1.25. The van der Waals surface area contributed by atoms with Gasteiger partial charge in [0, 0.05) is 51.5 Å². The molecule has 0 radical (unpaired) electrons. The largest absolute Gasteiger partial charge is 0.435 e. The number of aromatic nitrogens is 4. The highest BCUT2D eigenvalue weighted by molar-refractivity contribution is 5.97. The van der Waals surface area contributed by atoms with Crippen LogP contribution in [0.4, 0.5) is 18.0 Å². The van der Waals surface area contributed by atoms with Crippen LogP contribution in [0.15, 0.2) is 48.9 Å². The highest BCUT2D eigenvalue weighted by Gasteiger charge is 2.39. The quantitative estimate of drug-likeness (QED) is 0.370. The molecule has 0 aliphatic carbocycles. The van der Waals surface area contributed by atoms with Gasteiger partial charge in [0.15, 0.2) is 11.5 Å². The van der Waals surface area contributed by atoms with Crippen molar-refractivity contribution in [1.29, 1.82) is 0 Å². The zero-order valence-electron chi connectivity index (χ0n) is 20.0. The Kier molecular flexibility index (Phi) is 7.60. The van der Waals surface area contributed by atoms with Crippen molar-refractivity contribution in [2.75, 3.05) is 26.2 Å². The number of amides is 3. The molecular formula is C24H26F3N7O3. The summed E-state index contributed by atoms with van der Waals surface area (Å²) in [6.45, 7) is 0.729. The van der Waals surface area contributed by atoms with Crippen LogP contribution < -0.4 is 10.6 Å². The van der Waals surface area contributed by atoms with Gasteiger partial charge in [0.25, 0.3) is 5.91 Å². The van der Waals surface area contributed by atoms with Crippen LogP contribution in [0.25, 0.3) is 5.69 Å². The summed E-state index contributed by atoms with van der Waals surface area (Å²) in [6, 6.07) is 7.78. The lowest BCUT2D eigenvalue weighted by molar-refractivity contribution is -0.141. The molecule has 1 fully saturated rings. The molecule has 13 heteroatoms. The zero-order valence-corrected chi connectivity index (χ0v) is 20.0. The first-order valence-electron chi connectivity index (χ1n) is 11.7. The minimum absolute atomic E-state index is 0.00434. The number of nitrogens with one attached hydrogen (secondary N) is 2. The predicted octanol–water partition coefficient (Wildman–Crippen LogP) is 2.66. The van der Waals surface area contributed by atoms with E-state index >= 15 is 0 Å². The number of piperidine rings is 1. The molecule has 2 N–H and O–H groups in total. The van der Waals surface area contributed by atoms with E-state index in [2.05, 4.69) is 20.8 Å². The smallest absolute Gasteiger partial charge is 0.350 e. The molecule has 0 bridgehead atoms. The second kappa shape index (κ2) is 10.8. The van der Waals surface area contributed by atoms with E-state index in [4.69, 9.17) is 0 Å². The molecule has 0 atom stereocenters. The lowest BCUT2D eigenvalue weighted by Crippen LogP contribution is -2.47. The number of alkyl halides is 3. The number of Topliss-reactive ketones (excluding diaryl/α,β-unsaturated/α-hetero) is 1. The summed E-state index contributed by atoms with van der Waals surface area (Å²) in [5.74, 6) is -1.13. The van der Waals surface area contributed by atoms with Crippen molar-refractivity contribution in [3.05, 3.63) is 65.7 Å². The van der Waals surface area contributed by atoms with E-state index in [1.54, 1.807) is 53.2 Å². The summed E-state index contributed by atoms with van der Waals surface area (Å²) in [5, 5.41) is 12.6. The molecule has 1 aromatic carbocycles. The Hall–Kier alpha value is -4.16. The number of halogens is 3. The first-order chi connectivity index (χ1) is 17.6. The van der Waals surface area contributed by atoms with Crippen LogP contribution in [0.3, 0.4) is 0 Å². The summed E-state index contributed by atoms with van der Waals surface area (Å²) in [5.41, 5.74) is -0.973. The van der Waals surface area contributed by atoms with Crippen LogP contribution in [0, 0.1) is 5.92 Å². The molecule has 3 heterocycles. The lowest BCUT2D eigenvalue weighted by atomic mass is 9.90. The topological polar surface area (TPSA) is 114 Å². The third-order valence-electron chi connectivity index (χ3n) is 6.08. The molecule has 0 unspecified atom stereocenters. The SMILES string of the molecule is Cn1cc(C(=O)C2CCN(C(=O)NCCNC(=O)c3cn(-c4ccccc4)nc3C(F)(F)F)CC2)cn1. The van der Waals surface area contributed by atoms with Gasteiger partial charge in [-0.2, -0.15) is 23.4 Å². The molecule has 0 saturated carbocycles. The molecule has 3 aromatic rings. The van der Waals surface area contributed by atoms with Gasteiger partial charge in [0.1, 0.15) is 0 Å². The fourth-order valence-electron chi connectivity index (χ4n) is 4.14. The Labute approximate surface area is 210 Å². The zero-order chi connectivity index (χ0) is 26.6. The first kappa shape index (κ1) is 25.9. The maximum absolute atomic E-state index is 13.5. The molecule has 10 nitrogen and oxygen atoms in total. The molecule has 0 spiro atoms. The number of hydrogen-bond donors (Lipinski definition) is 2. The number of hydrogen-bond acceptors (Lipinski definition) is 5. The number of urea groups is 1. The summed E-state index contributed by atoms with van der Waals surface area (Å²) in [6.07, 6.45) is 0.446. The lowest BCUT2D eigenvalue weighted by Gasteiger charge is -2.31. The number of carbonyl (C=O) groups is 3. The third-order valence-corrected chi connectivity index (χ3v) is 6.08. The highest BCUT2D eigenvalue weighted by atomic mass is 19.4. The Morgan fingerprint density at radius 1 is 1.03 bits per heavy atom. The van der Waals surface area contributed by atoms with Gasteiger partial charge < -0.3 is 15.5 Å². The number of likely N-dealkylation sites (tertiary alicyclic amines) is 1. The van der Waals surface area contributed by atoms with Crippen molar-refractivity contribution in [2.45, 2.75) is 19.0 Å². The first-order valence-corrected chi connectivity index (χ1v) is 11.7. The summed E-state index contributed by atoms with van der Waals surface area (Å²) in [7, 11) is 1.74. The number of ketones is 1. The number of carbonyl (C=O) groups excluding carboxylic acids is 3. The van der Waals surface area contributed by atoms with Crippen molar-refractivity contribution in [1.82, 2.24) is 35.1 Å². The molecular weight excluding hydrogens is 491 g/mol. The van der Waals surface area contributed by atoms with E-state index in [-0.39, 0.29) is 30.8 Å². The normalized spacial score (nSPS) is 14.4. The summed E-state index contributed by atoms with van der Waals surface area (Å²) >= 11 is 0. The van der Waals surface area contributed by atoms with Crippen molar-refractivity contribution < 1.29 is 27.6 Å². The maximum Gasteiger partial charge on any atom is 0.435 e. The van der Waals surface area contributed by atoms with Crippen LogP contribution in [-0.4, -0.2) is 68.4 Å². The van der Waals surface area contributed by atoms with Gasteiger partial charge in [-0.3, -0.25) is 14.3 Å². The maximum atomic E-state index is 13.5. The minimum Gasteiger partial charge on any atom is -0.350 e. The molecule has 4 rings (SSSR count). The van der Waals surface area contributed by atoms with Gasteiger partial charge in [-0.05, 0) is 25.0 Å². The second-order valence-electron chi connectivity index (χ2n) is 8.69. The van der Waals surface area contributed by atoms with Crippen LogP contribution >= 0.6 is 0 Å². The average molecular weight is 518 g/mol. The summed E-state index contributed by atoms with van der Waals surface area (Å²) < 4.78 is 43.0.